The van der Waals surface area contributed by atoms with Gasteiger partial charge in [0.1, 0.15) is 0 Å². The van der Waals surface area contributed by atoms with Crippen LogP contribution in [0.1, 0.15) is 33.1 Å². The average Bonchev–Trinajstić information content (AvgIpc) is 1.82. The number of halogens is 2. The van der Waals surface area contributed by atoms with Gasteiger partial charge in [0, 0.05) is 7.85 Å². The molecule has 0 aromatic carbocycles. The van der Waals surface area contributed by atoms with Crippen LogP contribution >= 0.6 is 45.2 Å². The van der Waals surface area contributed by atoms with Crippen molar-refractivity contribution in [1.82, 2.24) is 0 Å². The lowest BCUT2D eigenvalue weighted by molar-refractivity contribution is 0.701. The summed E-state index contributed by atoms with van der Waals surface area (Å²) in [5, 5.41) is 0. The van der Waals surface area contributed by atoms with Gasteiger partial charge in [0.25, 0.3) is 0 Å². The van der Waals surface area contributed by atoms with E-state index in [1.54, 1.807) is 0 Å². The predicted molar refractivity (Wildman–Crippen MR) is 60.8 cm³/mol. The number of alkyl halides is 2. The minimum Gasteiger partial charge on any atom is -0.0818 e. The number of unbranched alkanes of at least 4 members (excludes halogenated alkanes) is 1. The van der Waals surface area contributed by atoms with Gasteiger partial charge in [0.15, 0.2) is 0 Å². The second-order valence-corrected chi connectivity index (χ2v) is 5.90. The lowest BCUT2D eigenvalue weighted by Crippen LogP contribution is -2.08. The van der Waals surface area contributed by atoms with Crippen LogP contribution in [-0.4, -0.2) is 7.85 Å². The van der Waals surface area contributed by atoms with Gasteiger partial charge in [-0.1, -0.05) is 71.9 Å². The highest BCUT2D eigenvalue weighted by atomic mass is 127. The van der Waals surface area contributed by atoms with Gasteiger partial charge in [-0.05, 0) is 6.42 Å². The van der Waals surface area contributed by atoms with Crippen molar-refractivity contribution in [3.63, 3.8) is 0 Å². The Bertz CT molecular complexity index is 61.9. The molecule has 2 atom stereocenters. The molecule has 9 heavy (non-hydrogen) atoms. The maximum absolute atomic E-state index is 2.55. The van der Waals surface area contributed by atoms with Gasteiger partial charge >= 0.3 is 0 Å². The van der Waals surface area contributed by atoms with Crippen molar-refractivity contribution in [2.45, 2.75) is 41.0 Å². The van der Waals surface area contributed by atoms with E-state index in [0.717, 1.165) is 7.85 Å². The van der Waals surface area contributed by atoms with Gasteiger partial charge in [0.05, 0.1) is 0 Å². The lowest BCUT2D eigenvalue weighted by atomic mass is 10.2. The Morgan fingerprint density at radius 3 is 2.22 bits per heavy atom. The molecule has 0 nitrogen and oxygen atoms in total. The molecule has 0 fully saturated rings. The van der Waals surface area contributed by atoms with Crippen molar-refractivity contribution in [2.24, 2.45) is 0 Å². The smallest absolute Gasteiger partial charge is 0.0225 e. The third-order valence-corrected chi connectivity index (χ3v) is 5.28. The van der Waals surface area contributed by atoms with Crippen LogP contribution in [0.5, 0.6) is 0 Å². The summed E-state index contributed by atoms with van der Waals surface area (Å²) in [4.78, 5) is 0. The minimum absolute atomic E-state index is 0.828. The van der Waals surface area contributed by atoms with E-state index in [2.05, 4.69) is 59.0 Å². The van der Waals surface area contributed by atoms with Crippen LogP contribution in [0.15, 0.2) is 0 Å². The Balaban J connectivity index is 3.16. The molecule has 0 radical (unpaired) electrons. The summed E-state index contributed by atoms with van der Waals surface area (Å²) in [6.45, 7) is 4.54. The predicted octanol–water partition coefficient (Wildman–Crippen LogP) is 3.80. The summed E-state index contributed by atoms with van der Waals surface area (Å²) in [5.74, 6) is 0. The fourth-order valence-corrected chi connectivity index (χ4v) is 1.43. The number of hydrogen-bond acceptors (Lipinski definition) is 0. The molecule has 0 aromatic heterocycles. The van der Waals surface area contributed by atoms with Crippen molar-refractivity contribution in [2.75, 3.05) is 0 Å². The maximum Gasteiger partial charge on any atom is 0.0225 e. The molecule has 0 amide bonds. The summed E-state index contributed by atoms with van der Waals surface area (Å²) in [5.41, 5.74) is 0. The Morgan fingerprint density at radius 2 is 1.89 bits per heavy atom. The Morgan fingerprint density at radius 1 is 1.33 bits per heavy atom. The van der Waals surface area contributed by atoms with Crippen molar-refractivity contribution < 1.29 is 0 Å². The normalized spacial score (nSPS) is 17.3. The molecule has 0 bridgehead atoms. The van der Waals surface area contributed by atoms with Crippen molar-refractivity contribution in [3.05, 3.63) is 0 Å². The Labute approximate surface area is 85.5 Å². The van der Waals surface area contributed by atoms with Gasteiger partial charge in [-0.2, -0.15) is 0 Å². The first kappa shape index (κ1) is 10.5. The molecule has 2 unspecified atom stereocenters. The molecule has 0 aliphatic heterocycles. The van der Waals surface area contributed by atoms with E-state index >= 15 is 0 Å². The highest BCUT2D eigenvalue weighted by Gasteiger charge is 2.08. The highest BCUT2D eigenvalue weighted by Crippen LogP contribution is 2.19. The molecule has 0 aromatic rings. The molecule has 0 spiro atoms. The fourth-order valence-electron chi connectivity index (χ4n) is 0.629. The molecular weight excluding hydrogens is 338 g/mol. The van der Waals surface area contributed by atoms with E-state index in [-0.39, 0.29) is 0 Å². The number of rotatable bonds is 4. The van der Waals surface area contributed by atoms with Gasteiger partial charge in [-0.25, -0.2) is 0 Å². The summed E-state index contributed by atoms with van der Waals surface area (Å²) < 4.78 is 1.71. The molecule has 0 saturated heterocycles. The van der Waals surface area contributed by atoms with Crippen molar-refractivity contribution in [1.29, 1.82) is 0 Å². The first-order chi connectivity index (χ1) is 4.18. The molecule has 0 aliphatic rings. The molecule has 0 heterocycles. The van der Waals surface area contributed by atoms with E-state index in [0.29, 0.717) is 0 Å². The van der Waals surface area contributed by atoms with Gasteiger partial charge < -0.3 is 0 Å². The van der Waals surface area contributed by atoms with Crippen LogP contribution < -0.4 is 0 Å². The molecule has 56 valence electrons. The SMILES string of the molecule is CCCCC(I)C(C)I. The topological polar surface area (TPSA) is 0 Å². The van der Waals surface area contributed by atoms with Crippen LogP contribution in [0.25, 0.3) is 0 Å². The largest absolute Gasteiger partial charge is 0.0818 e. The van der Waals surface area contributed by atoms with E-state index < -0.39 is 0 Å². The van der Waals surface area contributed by atoms with Crippen LogP contribution in [-0.2, 0) is 0 Å². The van der Waals surface area contributed by atoms with Gasteiger partial charge in [-0.3, -0.25) is 0 Å². The van der Waals surface area contributed by atoms with Gasteiger partial charge in [0.2, 0.25) is 0 Å². The maximum atomic E-state index is 2.55. The summed E-state index contributed by atoms with van der Waals surface area (Å²) in [6, 6.07) is 0. The van der Waals surface area contributed by atoms with Crippen LogP contribution in [0.2, 0.25) is 0 Å². The zero-order valence-electron chi connectivity index (χ0n) is 6.03. The minimum atomic E-state index is 0.828. The third kappa shape index (κ3) is 5.88. The first-order valence-electron chi connectivity index (χ1n) is 3.46. The average molecular weight is 352 g/mol. The van der Waals surface area contributed by atoms with Gasteiger partial charge in [-0.15, -0.1) is 0 Å². The quantitative estimate of drug-likeness (QED) is 0.533. The molecule has 0 rings (SSSR count). The molecular formula is C7H14I2. The van der Waals surface area contributed by atoms with Crippen molar-refractivity contribution >= 4 is 45.2 Å². The molecule has 0 aliphatic carbocycles. The zero-order valence-corrected chi connectivity index (χ0v) is 10.3. The monoisotopic (exact) mass is 352 g/mol. The molecule has 0 saturated carbocycles. The van der Waals surface area contributed by atoms with Crippen molar-refractivity contribution in [3.8, 4) is 0 Å². The Kier molecular flexibility index (Phi) is 7.19. The summed E-state index contributed by atoms with van der Waals surface area (Å²) >= 11 is 5.05. The Hall–Kier alpha value is 1.46. The first-order valence-corrected chi connectivity index (χ1v) is 5.95. The second kappa shape index (κ2) is 6.19. The van der Waals surface area contributed by atoms with E-state index in [1.165, 1.54) is 19.3 Å². The molecule has 2 heteroatoms. The summed E-state index contributed by atoms with van der Waals surface area (Å²) in [6.07, 6.45) is 4.12. The highest BCUT2D eigenvalue weighted by molar-refractivity contribution is 14.1. The van der Waals surface area contributed by atoms with E-state index in [9.17, 15) is 0 Å². The van der Waals surface area contributed by atoms with Crippen LogP contribution in [0.3, 0.4) is 0 Å². The molecule has 0 N–H and O–H groups in total. The van der Waals surface area contributed by atoms with E-state index in [4.69, 9.17) is 0 Å². The third-order valence-electron chi connectivity index (χ3n) is 1.33. The summed E-state index contributed by atoms with van der Waals surface area (Å²) in [7, 11) is 0. The van der Waals surface area contributed by atoms with E-state index in [1.807, 2.05) is 0 Å². The van der Waals surface area contributed by atoms with Crippen LogP contribution in [0, 0.1) is 0 Å². The lowest BCUT2D eigenvalue weighted by Gasteiger charge is -2.10. The zero-order chi connectivity index (χ0) is 7.28. The standard InChI is InChI=1S/C7H14I2/c1-3-4-5-7(9)6(2)8/h6-7H,3-5H2,1-2H3. The number of hydrogen-bond donors (Lipinski definition) is 0. The second-order valence-electron chi connectivity index (χ2n) is 2.34. The van der Waals surface area contributed by atoms with Crippen LogP contribution in [0.4, 0.5) is 0 Å². The fraction of sp³-hybridized carbons (Fsp3) is 1.00.